The van der Waals surface area contributed by atoms with E-state index in [1.54, 1.807) is 11.8 Å². The van der Waals surface area contributed by atoms with Crippen LogP contribution in [-0.4, -0.2) is 38.6 Å². The summed E-state index contributed by atoms with van der Waals surface area (Å²) in [6.07, 6.45) is -1.03. The van der Waals surface area contributed by atoms with Crippen LogP contribution in [0.15, 0.2) is 27.9 Å². The fraction of sp³-hybridized carbons (Fsp3) is 0.500. The largest absolute Gasteiger partial charge is 0.433 e. The number of carbonyl (C=O) groups excluding carboxylic acids is 1. The minimum Gasteiger partial charge on any atom is -0.361 e. The SMILES string of the molecule is Cc1oncc1C(=O)N1CCC(Cn2cnc(C(F)(F)F)cc2=O)CC1. The zero-order chi connectivity index (χ0) is 18.9. The monoisotopic (exact) mass is 370 g/mol. The summed E-state index contributed by atoms with van der Waals surface area (Å²) in [6.45, 7) is 2.93. The predicted molar refractivity (Wildman–Crippen MR) is 83.4 cm³/mol. The van der Waals surface area contributed by atoms with Gasteiger partial charge in [0, 0.05) is 25.7 Å². The molecule has 2 aromatic rings. The normalized spacial score (nSPS) is 16.1. The maximum atomic E-state index is 12.6. The van der Waals surface area contributed by atoms with Crippen molar-refractivity contribution in [1.82, 2.24) is 19.6 Å². The van der Waals surface area contributed by atoms with Crippen LogP contribution in [0.4, 0.5) is 13.2 Å². The number of aromatic nitrogens is 3. The van der Waals surface area contributed by atoms with Crippen molar-refractivity contribution in [3.05, 3.63) is 46.0 Å². The van der Waals surface area contributed by atoms with E-state index >= 15 is 0 Å². The number of nitrogens with zero attached hydrogens (tertiary/aromatic N) is 4. The molecule has 0 unspecified atom stereocenters. The molecule has 10 heteroatoms. The molecule has 1 saturated heterocycles. The molecule has 0 saturated carbocycles. The van der Waals surface area contributed by atoms with Crippen molar-refractivity contribution in [3.8, 4) is 0 Å². The van der Waals surface area contributed by atoms with Crippen molar-refractivity contribution < 1.29 is 22.5 Å². The highest BCUT2D eigenvalue weighted by molar-refractivity contribution is 5.94. The molecular formula is C16H17F3N4O3. The lowest BCUT2D eigenvalue weighted by Crippen LogP contribution is -2.40. The Balaban J connectivity index is 1.60. The van der Waals surface area contributed by atoms with Gasteiger partial charge in [0.1, 0.15) is 11.3 Å². The number of likely N-dealkylation sites (tertiary alicyclic amines) is 1. The summed E-state index contributed by atoms with van der Waals surface area (Å²) in [7, 11) is 0. The van der Waals surface area contributed by atoms with Crippen LogP contribution in [0.25, 0.3) is 0 Å². The van der Waals surface area contributed by atoms with Crippen molar-refractivity contribution in [1.29, 1.82) is 0 Å². The molecule has 7 nitrogen and oxygen atoms in total. The smallest absolute Gasteiger partial charge is 0.361 e. The summed E-state index contributed by atoms with van der Waals surface area (Å²) in [5.74, 6) is 0.383. The van der Waals surface area contributed by atoms with Gasteiger partial charge in [-0.3, -0.25) is 14.2 Å². The molecule has 0 bridgehead atoms. The molecule has 0 atom stereocenters. The van der Waals surface area contributed by atoms with Gasteiger partial charge < -0.3 is 9.42 Å². The molecule has 2 aromatic heterocycles. The third-order valence-corrected chi connectivity index (χ3v) is 4.51. The van der Waals surface area contributed by atoms with Gasteiger partial charge in [-0.1, -0.05) is 5.16 Å². The van der Waals surface area contributed by atoms with Gasteiger partial charge in [0.25, 0.3) is 11.5 Å². The van der Waals surface area contributed by atoms with Crippen molar-refractivity contribution in [2.75, 3.05) is 13.1 Å². The fourth-order valence-corrected chi connectivity index (χ4v) is 2.99. The number of aryl methyl sites for hydroxylation is 1. The molecule has 3 heterocycles. The molecule has 0 aromatic carbocycles. The second kappa shape index (κ2) is 6.93. The first kappa shape index (κ1) is 18.2. The first-order chi connectivity index (χ1) is 12.3. The molecule has 1 aliphatic heterocycles. The second-order valence-electron chi connectivity index (χ2n) is 6.29. The van der Waals surface area contributed by atoms with E-state index in [0.29, 0.717) is 43.3 Å². The Morgan fingerprint density at radius 3 is 2.58 bits per heavy atom. The van der Waals surface area contributed by atoms with Crippen LogP contribution in [0.2, 0.25) is 0 Å². The average Bonchev–Trinajstić information content (AvgIpc) is 3.02. The van der Waals surface area contributed by atoms with Crippen molar-refractivity contribution >= 4 is 5.91 Å². The number of alkyl halides is 3. The zero-order valence-corrected chi connectivity index (χ0v) is 14.0. The third-order valence-electron chi connectivity index (χ3n) is 4.51. The molecular weight excluding hydrogens is 353 g/mol. The number of halogens is 3. The van der Waals surface area contributed by atoms with E-state index in [1.165, 1.54) is 10.8 Å². The Morgan fingerprint density at radius 2 is 2.04 bits per heavy atom. The van der Waals surface area contributed by atoms with Crippen LogP contribution in [0.1, 0.15) is 34.7 Å². The Morgan fingerprint density at radius 1 is 1.35 bits per heavy atom. The quantitative estimate of drug-likeness (QED) is 0.827. The molecule has 26 heavy (non-hydrogen) atoms. The number of piperidine rings is 1. The van der Waals surface area contributed by atoms with Crippen LogP contribution in [0.5, 0.6) is 0 Å². The van der Waals surface area contributed by atoms with Gasteiger partial charge in [0.05, 0.1) is 12.5 Å². The summed E-state index contributed by atoms with van der Waals surface area (Å²) in [5.41, 5.74) is -1.50. The Labute approximate surface area is 146 Å². The first-order valence-corrected chi connectivity index (χ1v) is 8.10. The Bertz CT molecular complexity index is 851. The molecule has 0 radical (unpaired) electrons. The molecule has 1 fully saturated rings. The fourth-order valence-electron chi connectivity index (χ4n) is 2.99. The zero-order valence-electron chi connectivity index (χ0n) is 14.0. The maximum absolute atomic E-state index is 12.6. The lowest BCUT2D eigenvalue weighted by Gasteiger charge is -2.32. The van der Waals surface area contributed by atoms with Crippen LogP contribution in [0.3, 0.4) is 0 Å². The molecule has 0 N–H and O–H groups in total. The van der Waals surface area contributed by atoms with E-state index in [0.717, 1.165) is 6.33 Å². The molecule has 3 rings (SSSR count). The van der Waals surface area contributed by atoms with E-state index in [4.69, 9.17) is 4.52 Å². The van der Waals surface area contributed by atoms with Crippen LogP contribution in [-0.2, 0) is 12.7 Å². The lowest BCUT2D eigenvalue weighted by atomic mass is 9.96. The molecule has 0 aliphatic carbocycles. The van der Waals surface area contributed by atoms with Gasteiger partial charge in [0.15, 0.2) is 5.69 Å². The van der Waals surface area contributed by atoms with Crippen LogP contribution >= 0.6 is 0 Å². The van der Waals surface area contributed by atoms with E-state index in [-0.39, 0.29) is 18.4 Å². The highest BCUT2D eigenvalue weighted by Gasteiger charge is 2.33. The third kappa shape index (κ3) is 3.78. The summed E-state index contributed by atoms with van der Waals surface area (Å²) < 4.78 is 43.8. The minimum absolute atomic E-state index is 0.0823. The number of hydrogen-bond donors (Lipinski definition) is 0. The summed E-state index contributed by atoms with van der Waals surface area (Å²) >= 11 is 0. The highest BCUT2D eigenvalue weighted by Crippen LogP contribution is 2.26. The second-order valence-corrected chi connectivity index (χ2v) is 6.29. The summed E-state index contributed by atoms with van der Waals surface area (Å²) in [5, 5.41) is 3.59. The van der Waals surface area contributed by atoms with Crippen LogP contribution < -0.4 is 5.56 Å². The van der Waals surface area contributed by atoms with E-state index in [1.807, 2.05) is 0 Å². The number of carbonyl (C=O) groups is 1. The predicted octanol–water partition coefficient (Wildman–Crippen LogP) is 2.11. The van der Waals surface area contributed by atoms with Gasteiger partial charge in [-0.25, -0.2) is 4.98 Å². The number of amides is 1. The Kier molecular flexibility index (Phi) is 4.84. The standard InChI is InChI=1S/C16H17F3N4O3/c1-10-12(7-21-26-10)15(25)22-4-2-11(3-5-22)8-23-9-20-13(6-14(23)24)16(17,18)19/h6-7,9,11H,2-5,8H2,1H3. The van der Waals surface area contributed by atoms with Crippen molar-refractivity contribution in [3.63, 3.8) is 0 Å². The maximum Gasteiger partial charge on any atom is 0.433 e. The van der Waals surface area contributed by atoms with E-state index < -0.39 is 17.4 Å². The van der Waals surface area contributed by atoms with Gasteiger partial charge in [-0.15, -0.1) is 0 Å². The number of hydrogen-bond acceptors (Lipinski definition) is 5. The van der Waals surface area contributed by atoms with Gasteiger partial charge in [-0.2, -0.15) is 13.2 Å². The minimum atomic E-state index is -4.63. The Hall–Kier alpha value is -2.65. The lowest BCUT2D eigenvalue weighted by molar-refractivity contribution is -0.141. The number of rotatable bonds is 3. The van der Waals surface area contributed by atoms with Crippen molar-refractivity contribution in [2.24, 2.45) is 5.92 Å². The van der Waals surface area contributed by atoms with E-state index in [9.17, 15) is 22.8 Å². The molecule has 1 amide bonds. The van der Waals surface area contributed by atoms with Gasteiger partial charge in [0.2, 0.25) is 0 Å². The average molecular weight is 370 g/mol. The first-order valence-electron chi connectivity index (χ1n) is 8.10. The topological polar surface area (TPSA) is 81.2 Å². The molecule has 1 aliphatic rings. The van der Waals surface area contributed by atoms with Crippen LogP contribution in [0, 0.1) is 12.8 Å². The van der Waals surface area contributed by atoms with Gasteiger partial charge in [-0.05, 0) is 25.7 Å². The van der Waals surface area contributed by atoms with Crippen molar-refractivity contribution in [2.45, 2.75) is 32.5 Å². The summed E-state index contributed by atoms with van der Waals surface area (Å²) in [6, 6.07) is 0.507. The highest BCUT2D eigenvalue weighted by atomic mass is 19.4. The molecule has 140 valence electrons. The van der Waals surface area contributed by atoms with Gasteiger partial charge >= 0.3 is 6.18 Å². The van der Waals surface area contributed by atoms with E-state index in [2.05, 4.69) is 10.1 Å². The molecule has 0 spiro atoms. The summed E-state index contributed by atoms with van der Waals surface area (Å²) in [4.78, 5) is 29.3.